The van der Waals surface area contributed by atoms with Crippen LogP contribution in [0.1, 0.15) is 20.3 Å². The fourth-order valence-corrected chi connectivity index (χ4v) is 2.95. The molecule has 0 aliphatic carbocycles. The van der Waals surface area contributed by atoms with Gasteiger partial charge in [-0.25, -0.2) is 4.79 Å². The molecule has 1 aromatic carbocycles. The van der Waals surface area contributed by atoms with Crippen molar-refractivity contribution in [3.05, 3.63) is 40.8 Å². The zero-order chi connectivity index (χ0) is 17.3. The van der Waals surface area contributed by atoms with Crippen LogP contribution in [-0.4, -0.2) is 36.5 Å². The van der Waals surface area contributed by atoms with Gasteiger partial charge < -0.3 is 19.8 Å². The molecule has 7 heteroatoms. The smallest absolute Gasteiger partial charge is 0.336 e. The minimum atomic E-state index is -0.414. The van der Waals surface area contributed by atoms with Gasteiger partial charge in [0.15, 0.2) is 6.61 Å². The summed E-state index contributed by atoms with van der Waals surface area (Å²) < 4.78 is 10.7. The molecule has 1 unspecified atom stereocenters. The topological polar surface area (TPSA) is 85.8 Å². The monoisotopic (exact) mass is 366 g/mol. The summed E-state index contributed by atoms with van der Waals surface area (Å²) >= 11 is 0. The third-order valence-electron chi connectivity index (χ3n) is 4.62. The molecule has 0 saturated carbocycles. The maximum Gasteiger partial charge on any atom is 0.336 e. The van der Waals surface area contributed by atoms with Gasteiger partial charge in [0.1, 0.15) is 11.3 Å². The summed E-state index contributed by atoms with van der Waals surface area (Å²) in [6.45, 7) is 5.38. The first-order valence-electron chi connectivity index (χ1n) is 8.05. The molecule has 6 nitrogen and oxygen atoms in total. The second-order valence-corrected chi connectivity index (χ2v) is 6.94. The molecule has 1 atom stereocenters. The van der Waals surface area contributed by atoms with E-state index >= 15 is 0 Å². The number of carbonyl (C=O) groups is 1. The van der Waals surface area contributed by atoms with Crippen molar-refractivity contribution >= 4 is 29.3 Å². The van der Waals surface area contributed by atoms with E-state index in [4.69, 9.17) is 14.9 Å². The molecular weight excluding hydrogens is 344 g/mol. The van der Waals surface area contributed by atoms with Crippen molar-refractivity contribution in [2.45, 2.75) is 26.3 Å². The number of rotatable bonds is 3. The highest BCUT2D eigenvalue weighted by Gasteiger charge is 2.35. The zero-order valence-corrected chi connectivity index (χ0v) is 15.2. The van der Waals surface area contributed by atoms with Gasteiger partial charge in [-0.2, -0.15) is 0 Å². The molecule has 0 spiro atoms. The van der Waals surface area contributed by atoms with Crippen LogP contribution in [0.2, 0.25) is 0 Å². The standard InChI is InChI=1S/C18H22N2O4.ClH/c1-18(2)11-20(8-7-15(18)19)16(21)10-23-13-5-3-12-4-6-17(22)24-14(12)9-13;/h3-6,9,15H,7-8,10-11,19H2,1-2H3;1H. The highest BCUT2D eigenvalue weighted by atomic mass is 35.5. The highest BCUT2D eigenvalue weighted by molar-refractivity contribution is 5.85. The fraction of sp³-hybridized carbons (Fsp3) is 0.444. The number of benzene rings is 1. The molecule has 0 radical (unpaired) electrons. The maximum atomic E-state index is 12.4. The Hall–Kier alpha value is -2.05. The van der Waals surface area contributed by atoms with Crippen molar-refractivity contribution < 1.29 is 13.9 Å². The van der Waals surface area contributed by atoms with E-state index in [1.54, 1.807) is 29.2 Å². The Labute approximate surface area is 152 Å². The van der Waals surface area contributed by atoms with Crippen LogP contribution < -0.4 is 16.1 Å². The van der Waals surface area contributed by atoms with Crippen LogP contribution in [0.5, 0.6) is 5.75 Å². The normalized spacial score (nSPS) is 19.3. The lowest BCUT2D eigenvalue weighted by molar-refractivity contribution is -0.136. The van der Waals surface area contributed by atoms with Crippen molar-refractivity contribution in [2.24, 2.45) is 11.1 Å². The number of amides is 1. The Morgan fingerprint density at radius 2 is 2.08 bits per heavy atom. The van der Waals surface area contributed by atoms with Crippen molar-refractivity contribution in [3.8, 4) is 5.75 Å². The predicted molar refractivity (Wildman–Crippen MR) is 98.2 cm³/mol. The second-order valence-electron chi connectivity index (χ2n) is 6.94. The van der Waals surface area contributed by atoms with E-state index in [1.807, 2.05) is 0 Å². The summed E-state index contributed by atoms with van der Waals surface area (Å²) in [6.07, 6.45) is 0.792. The number of halogens is 1. The minimum Gasteiger partial charge on any atom is -0.484 e. The Morgan fingerprint density at radius 1 is 1.36 bits per heavy atom. The molecule has 136 valence electrons. The average Bonchev–Trinajstić information content (AvgIpc) is 2.54. The quantitative estimate of drug-likeness (QED) is 0.841. The third-order valence-corrected chi connectivity index (χ3v) is 4.62. The van der Waals surface area contributed by atoms with E-state index in [9.17, 15) is 9.59 Å². The Morgan fingerprint density at radius 3 is 2.80 bits per heavy atom. The highest BCUT2D eigenvalue weighted by Crippen LogP contribution is 2.27. The molecule has 1 fully saturated rings. The summed E-state index contributed by atoms with van der Waals surface area (Å²) in [5, 5.41) is 0.806. The van der Waals surface area contributed by atoms with E-state index in [0.717, 1.165) is 11.8 Å². The number of fused-ring (bicyclic) bond motifs is 1. The van der Waals surface area contributed by atoms with Gasteiger partial charge in [0, 0.05) is 36.7 Å². The predicted octanol–water partition coefficient (Wildman–Crippen LogP) is 2.18. The van der Waals surface area contributed by atoms with E-state index in [-0.39, 0.29) is 36.4 Å². The number of piperidine rings is 1. The lowest BCUT2D eigenvalue weighted by atomic mass is 9.80. The number of nitrogens with zero attached hydrogens (tertiary/aromatic N) is 1. The zero-order valence-electron chi connectivity index (χ0n) is 14.4. The van der Waals surface area contributed by atoms with Gasteiger partial charge in [0.25, 0.3) is 5.91 Å². The number of carbonyl (C=O) groups excluding carboxylic acids is 1. The molecule has 1 aromatic heterocycles. The van der Waals surface area contributed by atoms with Crippen molar-refractivity contribution in [2.75, 3.05) is 19.7 Å². The molecule has 2 aromatic rings. The first-order chi connectivity index (χ1) is 11.3. The van der Waals surface area contributed by atoms with E-state index in [1.165, 1.54) is 6.07 Å². The summed E-state index contributed by atoms with van der Waals surface area (Å²) in [5.74, 6) is 0.433. The molecule has 25 heavy (non-hydrogen) atoms. The van der Waals surface area contributed by atoms with Crippen molar-refractivity contribution in [1.82, 2.24) is 4.90 Å². The average molecular weight is 367 g/mol. The molecule has 1 aliphatic heterocycles. The molecule has 1 amide bonds. The van der Waals surface area contributed by atoms with Crippen molar-refractivity contribution in [1.29, 1.82) is 0 Å². The van der Waals surface area contributed by atoms with E-state index < -0.39 is 5.63 Å². The maximum absolute atomic E-state index is 12.4. The van der Waals surface area contributed by atoms with Gasteiger partial charge in [0.2, 0.25) is 0 Å². The fourth-order valence-electron chi connectivity index (χ4n) is 2.95. The Bertz CT molecular complexity index is 818. The summed E-state index contributed by atoms with van der Waals surface area (Å²) in [7, 11) is 0. The van der Waals surface area contributed by atoms with Gasteiger partial charge >= 0.3 is 5.63 Å². The van der Waals surface area contributed by atoms with Gasteiger partial charge in [-0.1, -0.05) is 13.8 Å². The van der Waals surface area contributed by atoms with Crippen LogP contribution in [0.4, 0.5) is 0 Å². The molecule has 2 N–H and O–H groups in total. The van der Waals surface area contributed by atoms with E-state index in [0.29, 0.717) is 24.4 Å². The number of hydrogen-bond acceptors (Lipinski definition) is 5. The van der Waals surface area contributed by atoms with Gasteiger partial charge in [-0.3, -0.25) is 4.79 Å². The Kier molecular flexibility index (Phi) is 5.75. The minimum absolute atomic E-state index is 0. The van der Waals surface area contributed by atoms with Crippen LogP contribution in [0, 0.1) is 5.41 Å². The van der Waals surface area contributed by atoms with Gasteiger partial charge in [-0.15, -0.1) is 12.4 Å². The van der Waals surface area contributed by atoms with Crippen LogP contribution in [0.15, 0.2) is 39.5 Å². The van der Waals surface area contributed by atoms with Gasteiger partial charge in [-0.05, 0) is 30.0 Å². The third kappa shape index (κ3) is 4.32. The van der Waals surface area contributed by atoms with Crippen LogP contribution in [0.3, 0.4) is 0 Å². The molecule has 3 rings (SSSR count). The summed E-state index contributed by atoms with van der Waals surface area (Å²) in [6, 6.07) is 8.34. The lowest BCUT2D eigenvalue weighted by Crippen LogP contribution is -2.54. The van der Waals surface area contributed by atoms with Gasteiger partial charge in [0.05, 0.1) is 0 Å². The molecule has 0 bridgehead atoms. The molecule has 2 heterocycles. The van der Waals surface area contributed by atoms with Crippen LogP contribution in [-0.2, 0) is 4.79 Å². The van der Waals surface area contributed by atoms with E-state index in [2.05, 4.69) is 13.8 Å². The lowest BCUT2D eigenvalue weighted by Gasteiger charge is -2.42. The summed E-state index contributed by atoms with van der Waals surface area (Å²) in [4.78, 5) is 25.4. The number of hydrogen-bond donors (Lipinski definition) is 1. The van der Waals surface area contributed by atoms with Crippen molar-refractivity contribution in [3.63, 3.8) is 0 Å². The second kappa shape index (κ2) is 7.45. The summed E-state index contributed by atoms with van der Waals surface area (Å²) in [5.41, 5.74) is 6.03. The van der Waals surface area contributed by atoms with Crippen LogP contribution >= 0.6 is 12.4 Å². The number of ether oxygens (including phenoxy) is 1. The largest absolute Gasteiger partial charge is 0.484 e. The molecule has 1 saturated heterocycles. The molecular formula is C18H23ClN2O4. The first-order valence-corrected chi connectivity index (χ1v) is 8.05. The SMILES string of the molecule is CC1(C)CN(C(=O)COc2ccc3ccc(=O)oc3c2)CCC1N.Cl. The number of likely N-dealkylation sites (tertiary alicyclic amines) is 1. The number of nitrogens with two attached hydrogens (primary N) is 1. The first kappa shape index (κ1) is 19.3. The Balaban J connectivity index is 0.00000225. The van der Waals surface area contributed by atoms with Crippen LogP contribution in [0.25, 0.3) is 11.0 Å². The molecule has 1 aliphatic rings.